The number of carbonyl (C=O) groups excluding carboxylic acids is 1. The van der Waals surface area contributed by atoms with Gasteiger partial charge in [0.15, 0.2) is 0 Å². The van der Waals surface area contributed by atoms with Crippen molar-refractivity contribution in [3.63, 3.8) is 0 Å². The third-order valence-corrected chi connectivity index (χ3v) is 3.72. The monoisotopic (exact) mass is 268 g/mol. The summed E-state index contributed by atoms with van der Waals surface area (Å²) < 4.78 is 0. The van der Waals surface area contributed by atoms with Crippen LogP contribution in [0.2, 0.25) is 0 Å². The fourth-order valence-electron chi connectivity index (χ4n) is 2.50. The van der Waals surface area contributed by atoms with Gasteiger partial charge in [0, 0.05) is 22.5 Å². The molecule has 102 valence electrons. The van der Waals surface area contributed by atoms with Gasteiger partial charge in [-0.3, -0.25) is 4.79 Å². The molecule has 0 fully saturated rings. The van der Waals surface area contributed by atoms with Gasteiger partial charge in [0.25, 0.3) is 5.91 Å². The van der Waals surface area contributed by atoms with Crippen molar-refractivity contribution in [3.8, 4) is 5.75 Å². The molecule has 1 heterocycles. The van der Waals surface area contributed by atoms with Crippen molar-refractivity contribution in [2.45, 2.75) is 19.9 Å². The van der Waals surface area contributed by atoms with Crippen molar-refractivity contribution >= 4 is 17.3 Å². The molecule has 0 saturated carbocycles. The molecule has 1 amide bonds. The molecule has 0 spiro atoms. The van der Waals surface area contributed by atoms with E-state index in [9.17, 15) is 9.90 Å². The zero-order chi connectivity index (χ0) is 14.3. The van der Waals surface area contributed by atoms with Crippen LogP contribution in [0.4, 0.5) is 11.4 Å². The highest BCUT2D eigenvalue weighted by atomic mass is 16.3. The number of fused-ring (bicyclic) bond motifs is 1. The van der Waals surface area contributed by atoms with Gasteiger partial charge in [0.05, 0.1) is 0 Å². The predicted octanol–water partition coefficient (Wildman–Crippen LogP) is 3.11. The highest BCUT2D eigenvalue weighted by Gasteiger charge is 2.30. The molecule has 0 bridgehead atoms. The van der Waals surface area contributed by atoms with Crippen LogP contribution in [0.1, 0.15) is 22.7 Å². The predicted molar refractivity (Wildman–Crippen MR) is 79.0 cm³/mol. The van der Waals surface area contributed by atoms with E-state index in [0.717, 1.165) is 28.1 Å². The number of aromatic hydroxyl groups is 1. The zero-order valence-electron chi connectivity index (χ0n) is 11.4. The number of amides is 1. The smallest absolute Gasteiger partial charge is 0.251 e. The molecule has 1 atom stereocenters. The second kappa shape index (κ2) is 4.56. The zero-order valence-corrected chi connectivity index (χ0v) is 11.4. The molecule has 1 aliphatic heterocycles. The van der Waals surface area contributed by atoms with Crippen molar-refractivity contribution in [2.24, 2.45) is 0 Å². The highest BCUT2D eigenvalue weighted by molar-refractivity contribution is 6.04. The van der Waals surface area contributed by atoms with Gasteiger partial charge in [-0.2, -0.15) is 0 Å². The third-order valence-electron chi connectivity index (χ3n) is 3.72. The number of para-hydroxylation sites is 1. The molecule has 1 aliphatic rings. The summed E-state index contributed by atoms with van der Waals surface area (Å²) in [7, 11) is 0. The Morgan fingerprint density at radius 3 is 2.70 bits per heavy atom. The largest absolute Gasteiger partial charge is 0.507 e. The molecule has 0 saturated heterocycles. The van der Waals surface area contributed by atoms with Gasteiger partial charge < -0.3 is 15.7 Å². The number of anilines is 2. The molecule has 0 aromatic heterocycles. The van der Waals surface area contributed by atoms with E-state index in [1.807, 2.05) is 50.2 Å². The molecular formula is C16H16N2O2. The van der Waals surface area contributed by atoms with Crippen LogP contribution in [-0.4, -0.2) is 11.0 Å². The lowest BCUT2D eigenvalue weighted by Gasteiger charge is -2.16. The number of carbonyl (C=O) groups is 1. The number of nitrogens with one attached hydrogen (secondary N) is 2. The molecular weight excluding hydrogens is 252 g/mol. The van der Waals surface area contributed by atoms with Crippen molar-refractivity contribution in [2.75, 3.05) is 10.6 Å². The summed E-state index contributed by atoms with van der Waals surface area (Å²) in [6, 6.07) is 10.9. The Balaban J connectivity index is 1.96. The maximum absolute atomic E-state index is 12.1. The second-order valence-electron chi connectivity index (χ2n) is 5.06. The Labute approximate surface area is 117 Å². The van der Waals surface area contributed by atoms with E-state index >= 15 is 0 Å². The maximum atomic E-state index is 12.1. The van der Waals surface area contributed by atoms with Gasteiger partial charge in [0.1, 0.15) is 11.8 Å². The fourth-order valence-corrected chi connectivity index (χ4v) is 2.50. The lowest BCUT2D eigenvalue weighted by atomic mass is 10.1. The van der Waals surface area contributed by atoms with Crippen LogP contribution >= 0.6 is 0 Å². The Kier molecular flexibility index (Phi) is 2.86. The van der Waals surface area contributed by atoms with Crippen LogP contribution in [0, 0.1) is 13.8 Å². The molecule has 1 unspecified atom stereocenters. The first-order valence-electron chi connectivity index (χ1n) is 6.53. The van der Waals surface area contributed by atoms with E-state index in [-0.39, 0.29) is 11.7 Å². The average Bonchev–Trinajstić information content (AvgIpc) is 2.76. The normalized spacial score (nSPS) is 16.7. The first-order chi connectivity index (χ1) is 9.58. The molecule has 0 radical (unpaired) electrons. The number of hydrogen-bond donors (Lipinski definition) is 3. The summed E-state index contributed by atoms with van der Waals surface area (Å²) in [4.78, 5) is 12.1. The summed E-state index contributed by atoms with van der Waals surface area (Å²) in [5.41, 5.74) is 4.11. The Morgan fingerprint density at radius 2 is 1.90 bits per heavy atom. The standard InChI is InChI=1S/C16H16N2O2/c1-9-7-8-12(10(2)15(9)19)17-14-11-5-3-4-6-13(11)18-16(14)20/h3-8,14,17,19H,1-2H3,(H,18,20). The number of benzene rings is 2. The van der Waals surface area contributed by atoms with Crippen LogP contribution in [0.25, 0.3) is 0 Å². The van der Waals surface area contributed by atoms with E-state index in [2.05, 4.69) is 10.6 Å². The van der Waals surface area contributed by atoms with Crippen LogP contribution in [-0.2, 0) is 4.79 Å². The van der Waals surface area contributed by atoms with Crippen molar-refractivity contribution in [1.82, 2.24) is 0 Å². The molecule has 0 aliphatic carbocycles. The third kappa shape index (κ3) is 1.90. The average molecular weight is 268 g/mol. The minimum absolute atomic E-state index is 0.0781. The molecule has 2 aromatic carbocycles. The summed E-state index contributed by atoms with van der Waals surface area (Å²) >= 11 is 0. The Morgan fingerprint density at radius 1 is 1.15 bits per heavy atom. The van der Waals surface area contributed by atoms with Gasteiger partial charge in [-0.1, -0.05) is 24.3 Å². The van der Waals surface area contributed by atoms with E-state index in [1.165, 1.54) is 0 Å². The first-order valence-corrected chi connectivity index (χ1v) is 6.53. The molecule has 3 N–H and O–H groups in total. The number of phenols is 1. The molecule has 20 heavy (non-hydrogen) atoms. The van der Waals surface area contributed by atoms with Crippen LogP contribution in [0.5, 0.6) is 5.75 Å². The maximum Gasteiger partial charge on any atom is 0.251 e. The summed E-state index contributed by atoms with van der Waals surface area (Å²) in [6.07, 6.45) is 0. The van der Waals surface area contributed by atoms with Crippen molar-refractivity contribution in [1.29, 1.82) is 0 Å². The van der Waals surface area contributed by atoms with Gasteiger partial charge in [-0.05, 0) is 31.5 Å². The number of phenolic OH excluding ortho intramolecular Hbond substituents is 1. The molecule has 2 aromatic rings. The fraction of sp³-hybridized carbons (Fsp3) is 0.188. The van der Waals surface area contributed by atoms with E-state index < -0.39 is 6.04 Å². The minimum Gasteiger partial charge on any atom is -0.507 e. The minimum atomic E-state index is -0.424. The van der Waals surface area contributed by atoms with Crippen LogP contribution < -0.4 is 10.6 Å². The number of aryl methyl sites for hydroxylation is 1. The van der Waals surface area contributed by atoms with Gasteiger partial charge in [-0.25, -0.2) is 0 Å². The SMILES string of the molecule is Cc1ccc(NC2C(=O)Nc3ccccc32)c(C)c1O. The molecule has 4 nitrogen and oxygen atoms in total. The summed E-state index contributed by atoms with van der Waals surface area (Å²) in [5.74, 6) is 0.187. The Hall–Kier alpha value is -2.49. The van der Waals surface area contributed by atoms with E-state index in [0.29, 0.717) is 0 Å². The molecule has 4 heteroatoms. The van der Waals surface area contributed by atoms with Crippen LogP contribution in [0.15, 0.2) is 36.4 Å². The number of rotatable bonds is 2. The molecule has 3 rings (SSSR count). The first kappa shape index (κ1) is 12.5. The summed E-state index contributed by atoms with van der Waals surface area (Å²) in [6.45, 7) is 3.69. The number of hydrogen-bond acceptors (Lipinski definition) is 3. The van der Waals surface area contributed by atoms with Gasteiger partial charge in [0.2, 0.25) is 0 Å². The van der Waals surface area contributed by atoms with Gasteiger partial charge >= 0.3 is 0 Å². The quantitative estimate of drug-likeness (QED) is 0.784. The lowest BCUT2D eigenvalue weighted by Crippen LogP contribution is -2.20. The second-order valence-corrected chi connectivity index (χ2v) is 5.06. The van der Waals surface area contributed by atoms with E-state index in [4.69, 9.17) is 0 Å². The van der Waals surface area contributed by atoms with Gasteiger partial charge in [-0.15, -0.1) is 0 Å². The van der Waals surface area contributed by atoms with Crippen molar-refractivity contribution in [3.05, 3.63) is 53.1 Å². The highest BCUT2D eigenvalue weighted by Crippen LogP contribution is 2.35. The van der Waals surface area contributed by atoms with E-state index in [1.54, 1.807) is 0 Å². The topological polar surface area (TPSA) is 61.4 Å². The summed E-state index contributed by atoms with van der Waals surface area (Å²) in [5, 5.41) is 16.0. The van der Waals surface area contributed by atoms with Crippen LogP contribution in [0.3, 0.4) is 0 Å². The van der Waals surface area contributed by atoms with Crippen molar-refractivity contribution < 1.29 is 9.90 Å². The Bertz CT molecular complexity index is 695. The lowest BCUT2D eigenvalue weighted by molar-refractivity contribution is -0.116.